The summed E-state index contributed by atoms with van der Waals surface area (Å²) in [6, 6.07) is 11.2. The van der Waals surface area contributed by atoms with Gasteiger partial charge in [-0.15, -0.1) is 0 Å². The van der Waals surface area contributed by atoms with Gasteiger partial charge in [0.15, 0.2) is 11.9 Å². The molecular formula is C22H34N4O3+2. The number of nitrogens with one attached hydrogen (secondary N) is 2. The molecule has 3 rings (SSSR count). The van der Waals surface area contributed by atoms with Crippen molar-refractivity contribution in [2.45, 2.75) is 58.4 Å². The van der Waals surface area contributed by atoms with Gasteiger partial charge in [0.05, 0.1) is 0 Å². The number of aryl methyl sites for hydroxylation is 1. The van der Waals surface area contributed by atoms with Gasteiger partial charge in [0, 0.05) is 11.6 Å². The molecule has 29 heavy (non-hydrogen) atoms. The first kappa shape index (κ1) is 21.5. The average molecular weight is 403 g/mol. The number of ether oxygens (including phenoxy) is 1. The summed E-state index contributed by atoms with van der Waals surface area (Å²) in [7, 11) is 0. The summed E-state index contributed by atoms with van der Waals surface area (Å²) in [5.41, 5.74) is 0.976. The maximum atomic E-state index is 13.1. The number of nitrogens with two attached hydrogens (primary N) is 1. The zero-order valence-corrected chi connectivity index (χ0v) is 18.1. The normalized spacial score (nSPS) is 23.6. The summed E-state index contributed by atoms with van der Waals surface area (Å²) in [6.07, 6.45) is 0.494. The topological polar surface area (TPSA) is 85.4 Å². The number of hydrogen-bond acceptors (Lipinski definition) is 4. The Balaban J connectivity index is 1.72. The summed E-state index contributed by atoms with van der Waals surface area (Å²) in [6.45, 7) is 13.4. The van der Waals surface area contributed by atoms with Crippen molar-refractivity contribution in [3.05, 3.63) is 47.7 Å². The molecule has 1 aliphatic rings. The van der Waals surface area contributed by atoms with Gasteiger partial charge in [0.25, 0.3) is 5.91 Å². The molecule has 2 heterocycles. The molecule has 0 saturated carbocycles. The SMILES string of the molecule is Cc1cc(NC(=O)C([NH2+]CC(C)(C)[NH+]2CC(C)OC(C)C2)c2ccccc2)no1. The molecule has 3 atom stereocenters. The van der Waals surface area contributed by atoms with Crippen LogP contribution in [0.3, 0.4) is 0 Å². The number of hydrogen-bond donors (Lipinski definition) is 3. The minimum Gasteiger partial charge on any atom is -0.364 e. The zero-order chi connectivity index (χ0) is 21.0. The number of carbonyl (C=O) groups excluding carboxylic acids is 1. The zero-order valence-electron chi connectivity index (χ0n) is 18.1. The number of benzene rings is 1. The van der Waals surface area contributed by atoms with Crippen LogP contribution in [-0.4, -0.2) is 48.4 Å². The molecule has 2 aromatic rings. The van der Waals surface area contributed by atoms with Gasteiger partial charge in [-0.1, -0.05) is 35.5 Å². The minimum absolute atomic E-state index is 0.00406. The van der Waals surface area contributed by atoms with E-state index in [2.05, 4.69) is 43.5 Å². The van der Waals surface area contributed by atoms with Crippen LogP contribution in [0, 0.1) is 6.92 Å². The van der Waals surface area contributed by atoms with Crippen LogP contribution in [0.4, 0.5) is 5.82 Å². The molecule has 1 fully saturated rings. The Morgan fingerprint density at radius 3 is 2.52 bits per heavy atom. The number of aromatic nitrogens is 1. The smallest absolute Gasteiger partial charge is 0.288 e. The molecule has 0 radical (unpaired) electrons. The highest BCUT2D eigenvalue weighted by molar-refractivity contribution is 5.93. The van der Waals surface area contributed by atoms with E-state index in [-0.39, 0.29) is 29.7 Å². The van der Waals surface area contributed by atoms with E-state index < -0.39 is 0 Å². The van der Waals surface area contributed by atoms with Crippen molar-refractivity contribution in [1.29, 1.82) is 0 Å². The second-order valence-electron chi connectivity index (χ2n) is 8.79. The summed E-state index contributed by atoms with van der Waals surface area (Å²) in [5, 5.41) is 8.92. The monoisotopic (exact) mass is 402 g/mol. The third-order valence-corrected chi connectivity index (χ3v) is 5.67. The van der Waals surface area contributed by atoms with Crippen LogP contribution in [0.2, 0.25) is 0 Å². The van der Waals surface area contributed by atoms with E-state index in [1.165, 1.54) is 4.90 Å². The van der Waals surface area contributed by atoms with Crippen LogP contribution in [0.1, 0.15) is 45.1 Å². The fourth-order valence-electron chi connectivity index (χ4n) is 4.06. The molecule has 1 aromatic carbocycles. The highest BCUT2D eigenvalue weighted by Crippen LogP contribution is 2.13. The number of carbonyl (C=O) groups is 1. The van der Waals surface area contributed by atoms with E-state index in [0.29, 0.717) is 11.6 Å². The predicted molar refractivity (Wildman–Crippen MR) is 111 cm³/mol. The van der Waals surface area contributed by atoms with Crippen molar-refractivity contribution in [1.82, 2.24) is 5.16 Å². The van der Waals surface area contributed by atoms with Crippen molar-refractivity contribution < 1.29 is 24.3 Å². The molecule has 0 aliphatic carbocycles. The van der Waals surface area contributed by atoms with E-state index in [1.54, 1.807) is 13.0 Å². The van der Waals surface area contributed by atoms with Crippen molar-refractivity contribution in [2.75, 3.05) is 25.0 Å². The number of rotatable bonds is 7. The van der Waals surface area contributed by atoms with Crippen molar-refractivity contribution in [3.8, 4) is 0 Å². The molecule has 7 nitrogen and oxygen atoms in total. The second-order valence-corrected chi connectivity index (χ2v) is 8.79. The van der Waals surface area contributed by atoms with E-state index in [9.17, 15) is 4.79 Å². The Bertz CT molecular complexity index is 795. The number of nitrogens with zero attached hydrogens (tertiary/aromatic N) is 1. The molecule has 0 bridgehead atoms. The van der Waals surface area contributed by atoms with Crippen LogP contribution < -0.4 is 15.5 Å². The van der Waals surface area contributed by atoms with E-state index in [0.717, 1.165) is 25.2 Å². The molecule has 0 spiro atoms. The molecule has 1 aromatic heterocycles. The van der Waals surface area contributed by atoms with Crippen molar-refractivity contribution in [2.24, 2.45) is 0 Å². The van der Waals surface area contributed by atoms with E-state index in [4.69, 9.17) is 9.26 Å². The van der Waals surface area contributed by atoms with Gasteiger partial charge in [-0.3, -0.25) is 4.79 Å². The largest absolute Gasteiger partial charge is 0.364 e. The first-order valence-corrected chi connectivity index (χ1v) is 10.4. The maximum absolute atomic E-state index is 13.1. The summed E-state index contributed by atoms with van der Waals surface area (Å²) in [4.78, 5) is 14.6. The Labute approximate surface area is 172 Å². The molecule has 4 N–H and O–H groups in total. The number of amides is 1. The van der Waals surface area contributed by atoms with Crippen LogP contribution >= 0.6 is 0 Å². The van der Waals surface area contributed by atoms with Gasteiger partial charge in [0.1, 0.15) is 43.1 Å². The Hall–Kier alpha value is -2.22. The first-order chi connectivity index (χ1) is 13.7. The quantitative estimate of drug-likeness (QED) is 0.636. The van der Waals surface area contributed by atoms with Crippen LogP contribution in [-0.2, 0) is 9.53 Å². The lowest BCUT2D eigenvalue weighted by Crippen LogP contribution is -3.24. The van der Waals surface area contributed by atoms with Gasteiger partial charge < -0.3 is 24.8 Å². The predicted octanol–water partition coefficient (Wildman–Crippen LogP) is 0.697. The summed E-state index contributed by atoms with van der Waals surface area (Å²) in [5.74, 6) is 1.02. The average Bonchev–Trinajstić information content (AvgIpc) is 3.06. The minimum atomic E-state index is -0.359. The van der Waals surface area contributed by atoms with Crippen LogP contribution in [0.15, 0.2) is 40.9 Å². The number of anilines is 1. The lowest BCUT2D eigenvalue weighted by molar-refractivity contribution is -0.975. The number of morpholine rings is 1. The molecule has 1 aliphatic heterocycles. The third-order valence-electron chi connectivity index (χ3n) is 5.67. The standard InChI is InChI=1S/C22H32N4O3/c1-15-11-19(25-29-15)24-21(27)20(18-9-7-6-8-10-18)23-14-22(4,5)26-12-16(2)28-17(3)13-26/h6-11,16-17,20,23H,12-14H2,1-5H3,(H,24,25,27)/p+2. The lowest BCUT2D eigenvalue weighted by Gasteiger charge is -2.41. The summed E-state index contributed by atoms with van der Waals surface area (Å²) < 4.78 is 11.0. The van der Waals surface area contributed by atoms with Crippen molar-refractivity contribution in [3.63, 3.8) is 0 Å². The molecule has 3 unspecified atom stereocenters. The van der Waals surface area contributed by atoms with Gasteiger partial charge in [-0.05, 0) is 34.6 Å². The Kier molecular flexibility index (Phi) is 6.72. The van der Waals surface area contributed by atoms with E-state index >= 15 is 0 Å². The molecular weight excluding hydrogens is 368 g/mol. The summed E-state index contributed by atoms with van der Waals surface area (Å²) >= 11 is 0. The second kappa shape index (κ2) is 9.07. The van der Waals surface area contributed by atoms with E-state index in [1.807, 2.05) is 30.3 Å². The van der Waals surface area contributed by atoms with Gasteiger partial charge in [-0.2, -0.15) is 0 Å². The van der Waals surface area contributed by atoms with Crippen LogP contribution in [0.5, 0.6) is 0 Å². The lowest BCUT2D eigenvalue weighted by atomic mass is 9.98. The van der Waals surface area contributed by atoms with Gasteiger partial charge in [0.2, 0.25) is 0 Å². The molecule has 1 amide bonds. The number of quaternary nitrogens is 2. The van der Waals surface area contributed by atoms with Gasteiger partial charge >= 0.3 is 0 Å². The maximum Gasteiger partial charge on any atom is 0.288 e. The highest BCUT2D eigenvalue weighted by atomic mass is 16.5. The van der Waals surface area contributed by atoms with Crippen LogP contribution in [0.25, 0.3) is 0 Å². The molecule has 7 heteroatoms. The first-order valence-electron chi connectivity index (χ1n) is 10.4. The molecule has 158 valence electrons. The fraction of sp³-hybridized carbons (Fsp3) is 0.545. The third kappa shape index (κ3) is 5.65. The van der Waals surface area contributed by atoms with Crippen molar-refractivity contribution >= 4 is 11.7 Å². The van der Waals surface area contributed by atoms with Gasteiger partial charge in [-0.25, -0.2) is 0 Å². The molecule has 1 saturated heterocycles. The Morgan fingerprint density at radius 1 is 1.28 bits per heavy atom. The highest BCUT2D eigenvalue weighted by Gasteiger charge is 2.39. The fourth-order valence-corrected chi connectivity index (χ4v) is 4.06. The Morgan fingerprint density at radius 2 is 1.93 bits per heavy atom.